The first-order valence-corrected chi connectivity index (χ1v) is 7.43. The molecule has 1 aliphatic carbocycles. The summed E-state index contributed by atoms with van der Waals surface area (Å²) in [7, 11) is 0. The molecule has 102 valence electrons. The van der Waals surface area contributed by atoms with Gasteiger partial charge >= 0.3 is 0 Å². The molecule has 0 amide bonds. The van der Waals surface area contributed by atoms with Crippen molar-refractivity contribution in [1.29, 1.82) is 0 Å². The van der Waals surface area contributed by atoms with Crippen LogP contribution in [-0.2, 0) is 5.41 Å². The zero-order valence-corrected chi connectivity index (χ0v) is 11.8. The Bertz CT molecular complexity index is 680. The Morgan fingerprint density at radius 3 is 1.81 bits per heavy atom. The Labute approximate surface area is 125 Å². The number of hydrogen-bond acceptors (Lipinski definition) is 1. The molecule has 4 rings (SSSR count). The first kappa shape index (κ1) is 12.3. The number of aromatic nitrogens is 1. The smallest absolute Gasteiger partial charge is 0.0447 e. The van der Waals surface area contributed by atoms with Crippen molar-refractivity contribution in [2.45, 2.75) is 17.8 Å². The van der Waals surface area contributed by atoms with Crippen molar-refractivity contribution < 1.29 is 0 Å². The van der Waals surface area contributed by atoms with E-state index >= 15 is 0 Å². The molecule has 0 radical (unpaired) electrons. The molecule has 1 atom stereocenters. The van der Waals surface area contributed by atoms with Crippen LogP contribution in [0.25, 0.3) is 0 Å². The molecule has 0 aliphatic heterocycles. The summed E-state index contributed by atoms with van der Waals surface area (Å²) >= 11 is 0. The van der Waals surface area contributed by atoms with E-state index in [2.05, 4.69) is 77.8 Å². The van der Waals surface area contributed by atoms with E-state index in [1.165, 1.54) is 16.8 Å². The molecule has 1 fully saturated rings. The van der Waals surface area contributed by atoms with E-state index in [0.29, 0.717) is 5.92 Å². The van der Waals surface area contributed by atoms with Gasteiger partial charge in [-0.15, -0.1) is 0 Å². The summed E-state index contributed by atoms with van der Waals surface area (Å²) in [6.45, 7) is 0. The van der Waals surface area contributed by atoms with Crippen LogP contribution in [0.4, 0.5) is 0 Å². The lowest BCUT2D eigenvalue weighted by Gasteiger charge is -2.19. The second-order valence-corrected chi connectivity index (χ2v) is 5.71. The van der Waals surface area contributed by atoms with E-state index in [4.69, 9.17) is 0 Å². The standard InChI is InChI=1S/C20H17N/c1-3-9-16(10-4-1)20(17-11-5-2-6-12-17)15-18(20)19-13-7-8-14-21-19/h1-14,18H,15H2/t18-/m0/s1. The number of pyridine rings is 1. The van der Waals surface area contributed by atoms with Gasteiger partial charge < -0.3 is 0 Å². The monoisotopic (exact) mass is 271 g/mol. The van der Waals surface area contributed by atoms with Crippen LogP contribution in [0.1, 0.15) is 29.2 Å². The zero-order valence-electron chi connectivity index (χ0n) is 11.8. The molecule has 0 spiro atoms. The molecular formula is C20H17N. The minimum absolute atomic E-state index is 0.0941. The summed E-state index contributed by atoms with van der Waals surface area (Å²) in [6.07, 6.45) is 3.03. The third-order valence-electron chi connectivity index (χ3n) is 4.58. The molecule has 1 heteroatoms. The molecule has 1 heterocycles. The van der Waals surface area contributed by atoms with Gasteiger partial charge in [-0.1, -0.05) is 66.7 Å². The van der Waals surface area contributed by atoms with Gasteiger partial charge in [0.1, 0.15) is 0 Å². The lowest BCUT2D eigenvalue weighted by atomic mass is 9.85. The van der Waals surface area contributed by atoms with Gasteiger partial charge in [-0.05, 0) is 29.7 Å². The van der Waals surface area contributed by atoms with Crippen molar-refractivity contribution >= 4 is 0 Å². The highest BCUT2D eigenvalue weighted by Gasteiger charge is 2.57. The first-order chi connectivity index (χ1) is 10.4. The van der Waals surface area contributed by atoms with Crippen LogP contribution in [0.5, 0.6) is 0 Å². The van der Waals surface area contributed by atoms with E-state index in [1.807, 2.05) is 12.3 Å². The summed E-state index contributed by atoms with van der Waals surface area (Å²) < 4.78 is 0. The Morgan fingerprint density at radius 2 is 1.29 bits per heavy atom. The number of hydrogen-bond donors (Lipinski definition) is 0. The average molecular weight is 271 g/mol. The van der Waals surface area contributed by atoms with Crippen LogP contribution in [0.15, 0.2) is 85.1 Å². The molecule has 0 N–H and O–H groups in total. The fourth-order valence-corrected chi connectivity index (χ4v) is 3.48. The van der Waals surface area contributed by atoms with Crippen LogP contribution in [0.3, 0.4) is 0 Å². The fourth-order valence-electron chi connectivity index (χ4n) is 3.48. The zero-order chi connectivity index (χ0) is 14.1. The third-order valence-corrected chi connectivity index (χ3v) is 4.58. The van der Waals surface area contributed by atoms with Crippen LogP contribution in [0, 0.1) is 0 Å². The Hall–Kier alpha value is -2.41. The molecule has 1 aromatic heterocycles. The average Bonchev–Trinajstić information content (AvgIpc) is 3.34. The minimum atomic E-state index is 0.0941. The molecule has 2 aromatic carbocycles. The third kappa shape index (κ3) is 1.97. The predicted molar refractivity (Wildman–Crippen MR) is 85.3 cm³/mol. The van der Waals surface area contributed by atoms with Gasteiger partial charge in [0.15, 0.2) is 0 Å². The second kappa shape index (κ2) is 4.85. The molecule has 3 aromatic rings. The van der Waals surface area contributed by atoms with Gasteiger partial charge in [0.25, 0.3) is 0 Å². The van der Waals surface area contributed by atoms with E-state index in [0.717, 1.165) is 6.42 Å². The second-order valence-electron chi connectivity index (χ2n) is 5.71. The largest absolute Gasteiger partial charge is 0.261 e. The van der Waals surface area contributed by atoms with Gasteiger partial charge in [-0.3, -0.25) is 4.98 Å². The lowest BCUT2D eigenvalue weighted by molar-refractivity contribution is 0.789. The molecule has 0 unspecified atom stereocenters. The molecule has 1 saturated carbocycles. The van der Waals surface area contributed by atoms with Crippen molar-refractivity contribution in [1.82, 2.24) is 4.98 Å². The van der Waals surface area contributed by atoms with Crippen molar-refractivity contribution in [3.63, 3.8) is 0 Å². The summed E-state index contributed by atoms with van der Waals surface area (Å²) in [5.41, 5.74) is 4.08. The normalized spacial score (nSPS) is 19.1. The lowest BCUT2D eigenvalue weighted by Crippen LogP contribution is -2.12. The summed E-state index contributed by atoms with van der Waals surface area (Å²) in [4.78, 5) is 4.59. The van der Waals surface area contributed by atoms with Gasteiger partial charge in [-0.2, -0.15) is 0 Å². The summed E-state index contributed by atoms with van der Waals surface area (Å²) in [6, 6.07) is 27.9. The Kier molecular flexibility index (Phi) is 2.85. The quantitative estimate of drug-likeness (QED) is 0.680. The van der Waals surface area contributed by atoms with E-state index < -0.39 is 0 Å². The first-order valence-electron chi connectivity index (χ1n) is 7.43. The molecule has 1 aliphatic rings. The van der Waals surface area contributed by atoms with E-state index in [1.54, 1.807) is 0 Å². The highest BCUT2D eigenvalue weighted by atomic mass is 14.7. The van der Waals surface area contributed by atoms with Gasteiger partial charge in [0, 0.05) is 23.2 Å². The molecular weight excluding hydrogens is 254 g/mol. The van der Waals surface area contributed by atoms with E-state index in [9.17, 15) is 0 Å². The maximum atomic E-state index is 4.59. The number of nitrogens with zero attached hydrogens (tertiary/aromatic N) is 1. The number of benzene rings is 2. The predicted octanol–water partition coefficient (Wildman–Crippen LogP) is 4.56. The van der Waals surface area contributed by atoms with Crippen LogP contribution in [0.2, 0.25) is 0 Å². The summed E-state index contributed by atoms with van der Waals surface area (Å²) in [5.74, 6) is 0.475. The van der Waals surface area contributed by atoms with Crippen molar-refractivity contribution in [2.24, 2.45) is 0 Å². The maximum absolute atomic E-state index is 4.59. The minimum Gasteiger partial charge on any atom is -0.261 e. The Balaban J connectivity index is 1.83. The molecule has 0 saturated heterocycles. The van der Waals surface area contributed by atoms with Crippen LogP contribution in [-0.4, -0.2) is 4.98 Å². The van der Waals surface area contributed by atoms with Gasteiger partial charge in [-0.25, -0.2) is 0 Å². The van der Waals surface area contributed by atoms with Crippen molar-refractivity contribution in [2.75, 3.05) is 0 Å². The Morgan fingerprint density at radius 1 is 0.714 bits per heavy atom. The van der Waals surface area contributed by atoms with Gasteiger partial charge in [0.05, 0.1) is 0 Å². The van der Waals surface area contributed by atoms with Crippen LogP contribution < -0.4 is 0 Å². The van der Waals surface area contributed by atoms with Crippen LogP contribution >= 0.6 is 0 Å². The fraction of sp³-hybridized carbons (Fsp3) is 0.150. The number of rotatable bonds is 3. The van der Waals surface area contributed by atoms with E-state index in [-0.39, 0.29) is 5.41 Å². The van der Waals surface area contributed by atoms with Crippen molar-refractivity contribution in [3.8, 4) is 0 Å². The SMILES string of the molecule is c1ccc(C2(c3ccccc3)C[C@H]2c2ccccn2)cc1. The molecule has 21 heavy (non-hydrogen) atoms. The van der Waals surface area contributed by atoms with Crippen molar-refractivity contribution in [3.05, 3.63) is 102 Å². The topological polar surface area (TPSA) is 12.9 Å². The van der Waals surface area contributed by atoms with Gasteiger partial charge in [0.2, 0.25) is 0 Å². The molecule has 1 nitrogen and oxygen atoms in total. The summed E-state index contributed by atoms with van der Waals surface area (Å²) in [5, 5.41) is 0. The maximum Gasteiger partial charge on any atom is 0.0447 e. The highest BCUT2D eigenvalue weighted by Crippen LogP contribution is 2.63. The molecule has 0 bridgehead atoms. The highest BCUT2D eigenvalue weighted by molar-refractivity contribution is 5.51.